The van der Waals surface area contributed by atoms with E-state index in [1.54, 1.807) is 24.3 Å². The van der Waals surface area contributed by atoms with E-state index in [1.165, 1.54) is 26.2 Å². The third-order valence-electron chi connectivity index (χ3n) is 4.29. The Kier molecular flexibility index (Phi) is 5.33. The Bertz CT molecular complexity index is 767. The van der Waals surface area contributed by atoms with Crippen LogP contribution in [-0.2, 0) is 4.79 Å². The molecule has 0 atom stereocenters. The van der Waals surface area contributed by atoms with Gasteiger partial charge in [-0.2, -0.15) is 0 Å². The van der Waals surface area contributed by atoms with Crippen molar-refractivity contribution in [3.8, 4) is 0 Å². The molecule has 2 N–H and O–H groups in total. The fraction of sp³-hybridized carbons (Fsp3) is 0.300. The van der Waals surface area contributed by atoms with Gasteiger partial charge >= 0.3 is 0 Å². The molecule has 1 aliphatic heterocycles. The zero-order valence-corrected chi connectivity index (χ0v) is 14.4. The van der Waals surface area contributed by atoms with Gasteiger partial charge in [0.1, 0.15) is 0 Å². The molecule has 0 aromatic heterocycles. The van der Waals surface area contributed by atoms with Crippen LogP contribution in [0.3, 0.4) is 0 Å². The number of nitrogens with one attached hydrogen (secondary N) is 2. The van der Waals surface area contributed by atoms with Crippen molar-refractivity contribution < 1.29 is 9.59 Å². The van der Waals surface area contributed by atoms with Gasteiger partial charge in [-0.3, -0.25) is 9.59 Å². The summed E-state index contributed by atoms with van der Waals surface area (Å²) >= 11 is 0. The second kappa shape index (κ2) is 7.83. The summed E-state index contributed by atoms with van der Waals surface area (Å²) in [6.45, 7) is 3.48. The molecule has 0 bridgehead atoms. The monoisotopic (exact) mass is 337 g/mol. The van der Waals surface area contributed by atoms with E-state index in [0.717, 1.165) is 24.5 Å². The van der Waals surface area contributed by atoms with Crippen molar-refractivity contribution in [1.29, 1.82) is 0 Å². The molecule has 1 aliphatic rings. The zero-order chi connectivity index (χ0) is 17.6. The van der Waals surface area contributed by atoms with Crippen molar-refractivity contribution in [2.24, 2.45) is 0 Å². The summed E-state index contributed by atoms with van der Waals surface area (Å²) in [5.41, 5.74) is 3.01. The SMILES string of the molecule is CC(=O)Nc1cccc(C(=O)Nc2ccccc2N2CCCCC2)c1. The summed E-state index contributed by atoms with van der Waals surface area (Å²) in [6, 6.07) is 14.9. The molecule has 5 heteroatoms. The number of rotatable bonds is 4. The van der Waals surface area contributed by atoms with Crippen LogP contribution in [0, 0.1) is 0 Å². The maximum absolute atomic E-state index is 12.6. The fourth-order valence-corrected chi connectivity index (χ4v) is 3.13. The Morgan fingerprint density at radius 3 is 2.44 bits per heavy atom. The van der Waals surface area contributed by atoms with Crippen LogP contribution in [-0.4, -0.2) is 24.9 Å². The van der Waals surface area contributed by atoms with E-state index in [1.807, 2.05) is 18.2 Å². The molecular weight excluding hydrogens is 314 g/mol. The number of carbonyl (C=O) groups excluding carboxylic acids is 2. The molecule has 0 saturated carbocycles. The molecule has 25 heavy (non-hydrogen) atoms. The average molecular weight is 337 g/mol. The van der Waals surface area contributed by atoms with Crippen LogP contribution >= 0.6 is 0 Å². The summed E-state index contributed by atoms with van der Waals surface area (Å²) in [7, 11) is 0. The molecule has 0 aliphatic carbocycles. The van der Waals surface area contributed by atoms with Gasteiger partial charge in [0.2, 0.25) is 5.91 Å². The van der Waals surface area contributed by atoms with Crippen LogP contribution in [0.5, 0.6) is 0 Å². The molecule has 1 fully saturated rings. The van der Waals surface area contributed by atoms with Crippen LogP contribution in [0.15, 0.2) is 48.5 Å². The Hall–Kier alpha value is -2.82. The van der Waals surface area contributed by atoms with Gasteiger partial charge in [0.15, 0.2) is 0 Å². The third kappa shape index (κ3) is 4.38. The number of piperidine rings is 1. The summed E-state index contributed by atoms with van der Waals surface area (Å²) in [5.74, 6) is -0.343. The summed E-state index contributed by atoms with van der Waals surface area (Å²) in [4.78, 5) is 26.2. The molecule has 0 unspecified atom stereocenters. The van der Waals surface area contributed by atoms with Gasteiger partial charge in [-0.1, -0.05) is 18.2 Å². The fourth-order valence-electron chi connectivity index (χ4n) is 3.13. The average Bonchev–Trinajstić information content (AvgIpc) is 2.62. The normalized spacial score (nSPS) is 14.0. The van der Waals surface area contributed by atoms with Crippen LogP contribution in [0.2, 0.25) is 0 Å². The highest BCUT2D eigenvalue weighted by Crippen LogP contribution is 2.28. The quantitative estimate of drug-likeness (QED) is 0.890. The summed E-state index contributed by atoms with van der Waals surface area (Å²) in [6.07, 6.45) is 3.63. The van der Waals surface area contributed by atoms with Gasteiger partial charge in [-0.15, -0.1) is 0 Å². The van der Waals surface area contributed by atoms with Gasteiger partial charge in [0.25, 0.3) is 5.91 Å². The Labute approximate surface area is 148 Å². The van der Waals surface area contributed by atoms with Crippen LogP contribution < -0.4 is 15.5 Å². The number of hydrogen-bond acceptors (Lipinski definition) is 3. The van der Waals surface area contributed by atoms with E-state index in [2.05, 4.69) is 21.6 Å². The van der Waals surface area contributed by atoms with Gasteiger partial charge in [0, 0.05) is 31.3 Å². The van der Waals surface area contributed by atoms with Crippen molar-refractivity contribution in [1.82, 2.24) is 0 Å². The van der Waals surface area contributed by atoms with E-state index in [-0.39, 0.29) is 11.8 Å². The molecular formula is C20H23N3O2. The lowest BCUT2D eigenvalue weighted by atomic mass is 10.1. The molecule has 2 aromatic carbocycles. The lowest BCUT2D eigenvalue weighted by Gasteiger charge is -2.30. The van der Waals surface area contributed by atoms with Gasteiger partial charge < -0.3 is 15.5 Å². The molecule has 1 saturated heterocycles. The third-order valence-corrected chi connectivity index (χ3v) is 4.29. The molecule has 3 rings (SSSR count). The number of benzene rings is 2. The van der Waals surface area contributed by atoms with Crippen LogP contribution in [0.1, 0.15) is 36.5 Å². The standard InChI is InChI=1S/C20H23N3O2/c1-15(24)21-17-9-7-8-16(14-17)20(25)22-18-10-3-4-11-19(18)23-12-5-2-6-13-23/h3-4,7-11,14H,2,5-6,12-13H2,1H3,(H,21,24)(H,22,25). The minimum Gasteiger partial charge on any atom is -0.370 e. The number of anilines is 3. The van der Waals surface area contributed by atoms with Crippen molar-refractivity contribution in [3.63, 3.8) is 0 Å². The molecule has 0 spiro atoms. The largest absolute Gasteiger partial charge is 0.370 e. The molecule has 2 amide bonds. The molecule has 0 radical (unpaired) electrons. The molecule has 2 aromatic rings. The highest BCUT2D eigenvalue weighted by atomic mass is 16.2. The smallest absolute Gasteiger partial charge is 0.255 e. The minimum absolute atomic E-state index is 0.159. The number of nitrogens with zero attached hydrogens (tertiary/aromatic N) is 1. The Morgan fingerprint density at radius 1 is 0.920 bits per heavy atom. The first kappa shape index (κ1) is 17.0. The lowest BCUT2D eigenvalue weighted by Crippen LogP contribution is -2.30. The summed E-state index contributed by atoms with van der Waals surface area (Å²) < 4.78 is 0. The number of hydrogen-bond donors (Lipinski definition) is 2. The van der Waals surface area contributed by atoms with Crippen molar-refractivity contribution >= 4 is 28.9 Å². The van der Waals surface area contributed by atoms with Crippen LogP contribution in [0.25, 0.3) is 0 Å². The van der Waals surface area contributed by atoms with Crippen molar-refractivity contribution in [2.45, 2.75) is 26.2 Å². The maximum atomic E-state index is 12.6. The first-order chi connectivity index (χ1) is 12.1. The van der Waals surface area contributed by atoms with Gasteiger partial charge in [0.05, 0.1) is 11.4 Å². The highest BCUT2D eigenvalue weighted by Gasteiger charge is 2.16. The lowest BCUT2D eigenvalue weighted by molar-refractivity contribution is -0.114. The Balaban J connectivity index is 1.78. The predicted octanol–water partition coefficient (Wildman–Crippen LogP) is 3.89. The molecule has 5 nitrogen and oxygen atoms in total. The molecule has 1 heterocycles. The van der Waals surface area contributed by atoms with Gasteiger partial charge in [-0.25, -0.2) is 0 Å². The molecule has 130 valence electrons. The first-order valence-electron chi connectivity index (χ1n) is 8.66. The second-order valence-corrected chi connectivity index (χ2v) is 6.28. The van der Waals surface area contributed by atoms with E-state index in [0.29, 0.717) is 11.3 Å². The van der Waals surface area contributed by atoms with Crippen molar-refractivity contribution in [3.05, 3.63) is 54.1 Å². The van der Waals surface area contributed by atoms with E-state index in [4.69, 9.17) is 0 Å². The number of amides is 2. The van der Waals surface area contributed by atoms with Gasteiger partial charge in [-0.05, 0) is 49.6 Å². The minimum atomic E-state index is -0.184. The predicted molar refractivity (Wildman–Crippen MR) is 101 cm³/mol. The number of para-hydroxylation sites is 2. The highest BCUT2D eigenvalue weighted by molar-refractivity contribution is 6.06. The summed E-state index contributed by atoms with van der Waals surface area (Å²) in [5, 5.41) is 5.71. The first-order valence-corrected chi connectivity index (χ1v) is 8.66. The van der Waals surface area contributed by atoms with Crippen LogP contribution in [0.4, 0.5) is 17.1 Å². The van der Waals surface area contributed by atoms with E-state index < -0.39 is 0 Å². The maximum Gasteiger partial charge on any atom is 0.255 e. The number of carbonyl (C=O) groups is 2. The van der Waals surface area contributed by atoms with E-state index >= 15 is 0 Å². The zero-order valence-electron chi connectivity index (χ0n) is 14.4. The van der Waals surface area contributed by atoms with Crippen molar-refractivity contribution in [2.75, 3.05) is 28.6 Å². The Morgan fingerprint density at radius 2 is 1.68 bits per heavy atom. The second-order valence-electron chi connectivity index (χ2n) is 6.28. The topological polar surface area (TPSA) is 61.4 Å². The van der Waals surface area contributed by atoms with E-state index in [9.17, 15) is 9.59 Å².